The van der Waals surface area contributed by atoms with Gasteiger partial charge in [0.2, 0.25) is 0 Å². The predicted octanol–water partition coefficient (Wildman–Crippen LogP) is 3.91. The number of hydrogen-bond acceptors (Lipinski definition) is 3. The van der Waals surface area contributed by atoms with Crippen LogP contribution in [0.25, 0.3) is 0 Å². The van der Waals surface area contributed by atoms with E-state index in [1.54, 1.807) is 37.3 Å². The van der Waals surface area contributed by atoms with Crippen molar-refractivity contribution in [3.8, 4) is 5.75 Å². The number of methoxy groups -OCH3 is 1. The Labute approximate surface area is 134 Å². The lowest BCUT2D eigenvalue weighted by Crippen LogP contribution is -2.26. The molecular weight excluding hydrogens is 306 g/mol. The Kier molecular flexibility index (Phi) is 5.15. The average molecular weight is 322 g/mol. The topological polar surface area (TPSA) is 29.5 Å². The highest BCUT2D eigenvalue weighted by Crippen LogP contribution is 2.22. The van der Waals surface area contributed by atoms with E-state index in [9.17, 15) is 4.79 Å². The van der Waals surface area contributed by atoms with E-state index in [0.29, 0.717) is 22.0 Å². The van der Waals surface area contributed by atoms with Gasteiger partial charge in [-0.05, 0) is 35.9 Å². The van der Waals surface area contributed by atoms with Gasteiger partial charge in [0, 0.05) is 18.5 Å². The van der Waals surface area contributed by atoms with E-state index < -0.39 is 0 Å². The molecule has 0 bridgehead atoms. The summed E-state index contributed by atoms with van der Waals surface area (Å²) in [7, 11) is 3.37. The number of ether oxygens (including phenoxy) is 1. The van der Waals surface area contributed by atoms with Crippen molar-refractivity contribution in [2.75, 3.05) is 14.2 Å². The zero-order valence-corrected chi connectivity index (χ0v) is 13.5. The summed E-state index contributed by atoms with van der Waals surface area (Å²) in [6.07, 6.45) is 0. The van der Waals surface area contributed by atoms with Crippen LogP contribution in [0.4, 0.5) is 0 Å². The largest absolute Gasteiger partial charge is 0.497 e. The van der Waals surface area contributed by atoms with Crippen LogP contribution in [-0.4, -0.2) is 25.0 Å². The number of halogens is 1. The SMILES string of the molecule is COc1ccc(CN(C)C(=O)c2cc(S)ccc2Cl)cc1. The van der Waals surface area contributed by atoms with Crippen LogP contribution in [0.3, 0.4) is 0 Å². The van der Waals surface area contributed by atoms with Crippen molar-refractivity contribution in [2.45, 2.75) is 11.4 Å². The summed E-state index contributed by atoms with van der Waals surface area (Å²) in [4.78, 5) is 14.8. The van der Waals surface area contributed by atoms with Crippen LogP contribution in [0.2, 0.25) is 5.02 Å². The maximum atomic E-state index is 12.4. The molecule has 0 aliphatic heterocycles. The van der Waals surface area contributed by atoms with Gasteiger partial charge in [0.1, 0.15) is 5.75 Å². The molecule has 0 fully saturated rings. The molecule has 0 saturated carbocycles. The highest BCUT2D eigenvalue weighted by Gasteiger charge is 2.15. The minimum atomic E-state index is -0.133. The van der Waals surface area contributed by atoms with Crippen molar-refractivity contribution in [1.29, 1.82) is 0 Å². The van der Waals surface area contributed by atoms with Gasteiger partial charge in [-0.15, -0.1) is 12.6 Å². The van der Waals surface area contributed by atoms with Crippen LogP contribution < -0.4 is 4.74 Å². The van der Waals surface area contributed by atoms with Crippen molar-refractivity contribution in [1.82, 2.24) is 4.90 Å². The van der Waals surface area contributed by atoms with Crippen LogP contribution in [0.1, 0.15) is 15.9 Å². The van der Waals surface area contributed by atoms with Crippen molar-refractivity contribution in [3.63, 3.8) is 0 Å². The van der Waals surface area contributed by atoms with E-state index in [1.165, 1.54) is 0 Å². The molecule has 110 valence electrons. The molecule has 0 atom stereocenters. The molecule has 0 aromatic heterocycles. The molecule has 5 heteroatoms. The lowest BCUT2D eigenvalue weighted by molar-refractivity contribution is 0.0785. The van der Waals surface area contributed by atoms with E-state index >= 15 is 0 Å². The summed E-state index contributed by atoms with van der Waals surface area (Å²) in [6.45, 7) is 0.496. The molecule has 0 spiro atoms. The standard InChI is InChI=1S/C16H16ClNO2S/c1-18(10-11-3-5-12(20-2)6-4-11)16(19)14-9-13(21)7-8-15(14)17/h3-9,21H,10H2,1-2H3. The number of amides is 1. The smallest absolute Gasteiger partial charge is 0.255 e. The zero-order chi connectivity index (χ0) is 15.4. The first kappa shape index (κ1) is 15.7. The van der Waals surface area contributed by atoms with Crippen LogP contribution in [0.15, 0.2) is 47.4 Å². The Bertz CT molecular complexity index is 643. The van der Waals surface area contributed by atoms with Gasteiger partial charge in [0.25, 0.3) is 5.91 Å². The lowest BCUT2D eigenvalue weighted by atomic mass is 10.1. The molecule has 2 rings (SSSR count). The first-order valence-corrected chi connectivity index (χ1v) is 7.20. The van der Waals surface area contributed by atoms with Crippen LogP contribution in [0, 0.1) is 0 Å². The zero-order valence-electron chi connectivity index (χ0n) is 11.8. The molecular formula is C16H16ClNO2S. The van der Waals surface area contributed by atoms with Gasteiger partial charge in [-0.2, -0.15) is 0 Å². The minimum absolute atomic E-state index is 0.133. The quantitative estimate of drug-likeness (QED) is 0.865. The predicted molar refractivity (Wildman–Crippen MR) is 87.5 cm³/mol. The highest BCUT2D eigenvalue weighted by atomic mass is 35.5. The monoisotopic (exact) mass is 321 g/mol. The maximum absolute atomic E-state index is 12.4. The first-order chi connectivity index (χ1) is 10.0. The molecule has 3 nitrogen and oxygen atoms in total. The second-order valence-corrected chi connectivity index (χ2v) is 5.60. The van der Waals surface area contributed by atoms with Crippen LogP contribution in [0.5, 0.6) is 5.75 Å². The summed E-state index contributed by atoms with van der Waals surface area (Å²) in [5.74, 6) is 0.658. The van der Waals surface area contributed by atoms with Gasteiger partial charge in [0.15, 0.2) is 0 Å². The number of hydrogen-bond donors (Lipinski definition) is 1. The summed E-state index contributed by atoms with van der Waals surface area (Å²) < 4.78 is 5.11. The Hall–Kier alpha value is -1.65. The van der Waals surface area contributed by atoms with Gasteiger partial charge in [0.05, 0.1) is 17.7 Å². The van der Waals surface area contributed by atoms with Crippen molar-refractivity contribution >= 4 is 30.1 Å². The lowest BCUT2D eigenvalue weighted by Gasteiger charge is -2.18. The van der Waals surface area contributed by atoms with Gasteiger partial charge < -0.3 is 9.64 Å². The van der Waals surface area contributed by atoms with E-state index in [2.05, 4.69) is 12.6 Å². The van der Waals surface area contributed by atoms with Gasteiger partial charge in [-0.25, -0.2) is 0 Å². The van der Waals surface area contributed by atoms with Gasteiger partial charge in [-0.1, -0.05) is 23.7 Å². The van der Waals surface area contributed by atoms with Crippen molar-refractivity contribution < 1.29 is 9.53 Å². The molecule has 0 N–H and O–H groups in total. The normalized spacial score (nSPS) is 10.3. The summed E-state index contributed by atoms with van der Waals surface area (Å²) >= 11 is 10.3. The fourth-order valence-corrected chi connectivity index (χ4v) is 2.36. The Morgan fingerprint density at radius 1 is 1.24 bits per heavy atom. The van der Waals surface area contributed by atoms with Crippen LogP contribution in [-0.2, 0) is 6.54 Å². The molecule has 2 aromatic carbocycles. The number of rotatable bonds is 4. The molecule has 0 heterocycles. The molecule has 0 aliphatic rings. The molecule has 21 heavy (non-hydrogen) atoms. The Balaban J connectivity index is 2.13. The Morgan fingerprint density at radius 2 is 1.90 bits per heavy atom. The van der Waals surface area contributed by atoms with E-state index in [-0.39, 0.29) is 5.91 Å². The van der Waals surface area contributed by atoms with E-state index in [4.69, 9.17) is 16.3 Å². The second kappa shape index (κ2) is 6.87. The minimum Gasteiger partial charge on any atom is -0.497 e. The summed E-state index contributed by atoms with van der Waals surface area (Å²) in [6, 6.07) is 12.7. The number of nitrogens with zero attached hydrogens (tertiary/aromatic N) is 1. The van der Waals surface area contributed by atoms with Crippen molar-refractivity contribution in [2.24, 2.45) is 0 Å². The average Bonchev–Trinajstić information content (AvgIpc) is 2.49. The molecule has 0 saturated heterocycles. The third kappa shape index (κ3) is 3.93. The van der Waals surface area contributed by atoms with Gasteiger partial charge in [-0.3, -0.25) is 4.79 Å². The number of benzene rings is 2. The summed E-state index contributed by atoms with van der Waals surface area (Å²) in [5, 5.41) is 0.430. The molecule has 2 aromatic rings. The fraction of sp³-hybridized carbons (Fsp3) is 0.188. The number of carbonyl (C=O) groups excluding carboxylic acids is 1. The number of carbonyl (C=O) groups is 1. The van der Waals surface area contributed by atoms with Crippen LogP contribution >= 0.6 is 24.2 Å². The molecule has 0 aliphatic carbocycles. The maximum Gasteiger partial charge on any atom is 0.255 e. The summed E-state index contributed by atoms with van der Waals surface area (Å²) in [5.41, 5.74) is 1.48. The van der Waals surface area contributed by atoms with E-state index in [0.717, 1.165) is 11.3 Å². The van der Waals surface area contributed by atoms with Crippen molar-refractivity contribution in [3.05, 3.63) is 58.6 Å². The first-order valence-electron chi connectivity index (χ1n) is 6.38. The number of thiol groups is 1. The van der Waals surface area contributed by atoms with E-state index in [1.807, 2.05) is 24.3 Å². The molecule has 0 radical (unpaired) electrons. The third-order valence-corrected chi connectivity index (χ3v) is 3.71. The fourth-order valence-electron chi connectivity index (χ4n) is 1.96. The highest BCUT2D eigenvalue weighted by molar-refractivity contribution is 7.80. The third-order valence-electron chi connectivity index (χ3n) is 3.11. The van der Waals surface area contributed by atoms with Gasteiger partial charge >= 0.3 is 0 Å². The Morgan fingerprint density at radius 3 is 2.52 bits per heavy atom. The molecule has 1 amide bonds. The second-order valence-electron chi connectivity index (χ2n) is 4.67. The molecule has 0 unspecified atom stereocenters.